The van der Waals surface area contributed by atoms with Crippen LogP contribution < -0.4 is 5.73 Å². The Hall–Kier alpha value is -0.120. The van der Waals surface area contributed by atoms with Crippen molar-refractivity contribution in [3.05, 3.63) is 0 Å². The van der Waals surface area contributed by atoms with Gasteiger partial charge in [0.15, 0.2) is 0 Å². The fourth-order valence-electron chi connectivity index (χ4n) is 1.96. The Bertz CT molecular complexity index is 128. The maximum absolute atomic E-state index is 5.57. The summed E-state index contributed by atoms with van der Waals surface area (Å²) in [6.45, 7) is 6.76. The molecule has 0 saturated carbocycles. The summed E-state index contributed by atoms with van der Waals surface area (Å²) in [6.07, 6.45) is 3.95. The van der Waals surface area contributed by atoms with E-state index in [1.807, 2.05) is 0 Å². The van der Waals surface area contributed by atoms with Gasteiger partial charge in [-0.3, -0.25) is 4.90 Å². The quantitative estimate of drug-likeness (QED) is 0.691. The third-order valence-electron chi connectivity index (χ3n) is 2.68. The lowest BCUT2D eigenvalue weighted by Crippen LogP contribution is -2.44. The normalized spacial score (nSPS) is 24.9. The van der Waals surface area contributed by atoms with Crippen LogP contribution in [0, 0.1) is 0 Å². The van der Waals surface area contributed by atoms with Gasteiger partial charge in [0.05, 0.1) is 6.61 Å². The Morgan fingerprint density at radius 3 is 3.00 bits per heavy atom. The fraction of sp³-hybridized carbons (Fsp3) is 1.00. The number of hydrogen-bond acceptors (Lipinski definition) is 3. The summed E-state index contributed by atoms with van der Waals surface area (Å²) in [5, 5.41) is 0. The van der Waals surface area contributed by atoms with Gasteiger partial charge in [-0.25, -0.2) is 0 Å². The number of ether oxygens (including phenoxy) is 1. The van der Waals surface area contributed by atoms with Crippen LogP contribution in [0.5, 0.6) is 0 Å². The van der Waals surface area contributed by atoms with Crippen molar-refractivity contribution in [2.75, 3.05) is 32.8 Å². The van der Waals surface area contributed by atoms with E-state index >= 15 is 0 Å². The molecule has 0 spiro atoms. The minimum absolute atomic E-state index is 0.622. The van der Waals surface area contributed by atoms with Crippen LogP contribution in [-0.2, 0) is 4.74 Å². The van der Waals surface area contributed by atoms with Crippen LogP contribution in [0.1, 0.15) is 26.2 Å². The lowest BCUT2D eigenvalue weighted by molar-refractivity contribution is 0.0472. The van der Waals surface area contributed by atoms with Crippen LogP contribution in [0.2, 0.25) is 0 Å². The molecule has 1 saturated heterocycles. The molecule has 3 nitrogen and oxygen atoms in total. The Kier molecular flexibility index (Phi) is 5.35. The van der Waals surface area contributed by atoms with Crippen LogP contribution in [0.15, 0.2) is 0 Å². The molecular weight excluding hydrogens is 164 g/mol. The average molecular weight is 186 g/mol. The van der Waals surface area contributed by atoms with Gasteiger partial charge in [0.2, 0.25) is 0 Å². The van der Waals surface area contributed by atoms with E-state index in [1.54, 1.807) is 0 Å². The second-order valence-corrected chi connectivity index (χ2v) is 3.63. The first kappa shape index (κ1) is 11.0. The van der Waals surface area contributed by atoms with Crippen molar-refractivity contribution in [1.82, 2.24) is 4.90 Å². The van der Waals surface area contributed by atoms with E-state index in [1.165, 1.54) is 25.8 Å². The predicted molar refractivity (Wildman–Crippen MR) is 54.8 cm³/mol. The van der Waals surface area contributed by atoms with Crippen molar-refractivity contribution < 1.29 is 4.74 Å². The lowest BCUT2D eigenvalue weighted by Gasteiger charge is -2.35. The predicted octanol–water partition coefficient (Wildman–Crippen LogP) is 0.836. The Morgan fingerprint density at radius 2 is 2.31 bits per heavy atom. The highest BCUT2D eigenvalue weighted by molar-refractivity contribution is 4.76. The minimum atomic E-state index is 0.622. The number of hydrogen-bond donors (Lipinski definition) is 1. The van der Waals surface area contributed by atoms with Crippen LogP contribution in [0.3, 0.4) is 0 Å². The molecular formula is C10H22N2O. The number of rotatable bonds is 5. The van der Waals surface area contributed by atoms with Gasteiger partial charge in [-0.15, -0.1) is 0 Å². The van der Waals surface area contributed by atoms with Crippen molar-refractivity contribution in [1.29, 1.82) is 0 Å². The molecule has 1 aliphatic rings. The summed E-state index contributed by atoms with van der Waals surface area (Å²) >= 11 is 0. The maximum atomic E-state index is 5.57. The van der Waals surface area contributed by atoms with E-state index in [4.69, 9.17) is 10.5 Å². The second kappa shape index (κ2) is 6.35. The van der Waals surface area contributed by atoms with E-state index in [-0.39, 0.29) is 0 Å². The van der Waals surface area contributed by atoms with Gasteiger partial charge in [-0.05, 0) is 26.3 Å². The monoisotopic (exact) mass is 186 g/mol. The highest BCUT2D eigenvalue weighted by Crippen LogP contribution is 2.16. The summed E-state index contributed by atoms with van der Waals surface area (Å²) in [4.78, 5) is 2.47. The number of nitrogens with two attached hydrogens (primary N) is 1. The summed E-state index contributed by atoms with van der Waals surface area (Å²) in [7, 11) is 0. The SMILES string of the molecule is CCOCC1CCCCN1CCN. The summed E-state index contributed by atoms with van der Waals surface area (Å²) in [5.41, 5.74) is 5.57. The van der Waals surface area contributed by atoms with Gasteiger partial charge in [0, 0.05) is 25.7 Å². The molecule has 0 aliphatic carbocycles. The summed E-state index contributed by atoms with van der Waals surface area (Å²) in [6, 6.07) is 0.622. The molecule has 1 rings (SSSR count). The third-order valence-corrected chi connectivity index (χ3v) is 2.68. The summed E-state index contributed by atoms with van der Waals surface area (Å²) < 4.78 is 5.47. The maximum Gasteiger partial charge on any atom is 0.0621 e. The second-order valence-electron chi connectivity index (χ2n) is 3.63. The van der Waals surface area contributed by atoms with E-state index in [2.05, 4.69) is 11.8 Å². The Morgan fingerprint density at radius 1 is 1.46 bits per heavy atom. The first-order valence-electron chi connectivity index (χ1n) is 5.40. The van der Waals surface area contributed by atoms with Gasteiger partial charge in [0.25, 0.3) is 0 Å². The molecule has 0 aromatic carbocycles. The standard InChI is InChI=1S/C10H22N2O/c1-2-13-9-10-5-3-4-7-12(10)8-6-11/h10H,2-9,11H2,1H3. The lowest BCUT2D eigenvalue weighted by atomic mass is 10.0. The van der Waals surface area contributed by atoms with Crippen LogP contribution >= 0.6 is 0 Å². The first-order valence-corrected chi connectivity index (χ1v) is 5.40. The van der Waals surface area contributed by atoms with Crippen LogP contribution in [-0.4, -0.2) is 43.8 Å². The number of piperidine rings is 1. The van der Waals surface area contributed by atoms with E-state index in [0.717, 1.165) is 26.3 Å². The zero-order valence-corrected chi connectivity index (χ0v) is 8.67. The molecule has 1 fully saturated rings. The molecule has 0 amide bonds. The molecule has 2 N–H and O–H groups in total. The van der Waals surface area contributed by atoms with Crippen LogP contribution in [0.4, 0.5) is 0 Å². The molecule has 0 aromatic heterocycles. The van der Waals surface area contributed by atoms with Gasteiger partial charge in [-0.2, -0.15) is 0 Å². The van der Waals surface area contributed by atoms with Crippen molar-refractivity contribution in [2.24, 2.45) is 5.73 Å². The van der Waals surface area contributed by atoms with E-state index < -0.39 is 0 Å². The molecule has 78 valence electrons. The zero-order valence-electron chi connectivity index (χ0n) is 8.67. The third kappa shape index (κ3) is 3.63. The van der Waals surface area contributed by atoms with Gasteiger partial charge in [0.1, 0.15) is 0 Å². The fourth-order valence-corrected chi connectivity index (χ4v) is 1.96. The van der Waals surface area contributed by atoms with Crippen molar-refractivity contribution >= 4 is 0 Å². The van der Waals surface area contributed by atoms with E-state index in [0.29, 0.717) is 6.04 Å². The number of nitrogens with zero attached hydrogens (tertiary/aromatic N) is 1. The molecule has 0 bridgehead atoms. The average Bonchev–Trinajstić information content (AvgIpc) is 2.17. The Balaban J connectivity index is 2.28. The molecule has 0 aromatic rings. The smallest absolute Gasteiger partial charge is 0.0621 e. The molecule has 13 heavy (non-hydrogen) atoms. The van der Waals surface area contributed by atoms with Gasteiger partial charge < -0.3 is 10.5 Å². The van der Waals surface area contributed by atoms with Crippen LogP contribution in [0.25, 0.3) is 0 Å². The number of likely N-dealkylation sites (tertiary alicyclic amines) is 1. The largest absolute Gasteiger partial charge is 0.380 e. The molecule has 1 heterocycles. The van der Waals surface area contributed by atoms with Crippen molar-refractivity contribution in [2.45, 2.75) is 32.2 Å². The zero-order chi connectivity index (χ0) is 9.52. The minimum Gasteiger partial charge on any atom is -0.380 e. The molecule has 0 radical (unpaired) electrons. The molecule has 1 atom stereocenters. The van der Waals surface area contributed by atoms with Gasteiger partial charge >= 0.3 is 0 Å². The first-order chi connectivity index (χ1) is 6.38. The highest BCUT2D eigenvalue weighted by Gasteiger charge is 2.21. The van der Waals surface area contributed by atoms with E-state index in [9.17, 15) is 0 Å². The highest BCUT2D eigenvalue weighted by atomic mass is 16.5. The van der Waals surface area contributed by atoms with Gasteiger partial charge in [-0.1, -0.05) is 6.42 Å². The topological polar surface area (TPSA) is 38.5 Å². The van der Waals surface area contributed by atoms with Crippen molar-refractivity contribution in [3.63, 3.8) is 0 Å². The molecule has 3 heteroatoms. The van der Waals surface area contributed by atoms with Crippen molar-refractivity contribution in [3.8, 4) is 0 Å². The molecule has 1 aliphatic heterocycles. The molecule has 1 unspecified atom stereocenters. The summed E-state index contributed by atoms with van der Waals surface area (Å²) in [5.74, 6) is 0. The Labute approximate surface area is 81.2 Å².